The van der Waals surface area contributed by atoms with E-state index in [0.717, 1.165) is 36.2 Å². The molecular weight excluding hydrogens is 350 g/mol. The number of benzene rings is 1. The molecule has 0 saturated heterocycles. The molecule has 0 fully saturated rings. The number of allylic oxidation sites excluding steroid dienone is 3. The van der Waals surface area contributed by atoms with Gasteiger partial charge in [0.15, 0.2) is 0 Å². The van der Waals surface area contributed by atoms with Gasteiger partial charge >= 0.3 is 0 Å². The predicted molar refractivity (Wildman–Crippen MR) is 132 cm³/mol. The van der Waals surface area contributed by atoms with Gasteiger partial charge in [0.05, 0.1) is 0 Å². The highest BCUT2D eigenvalue weighted by Crippen LogP contribution is 2.27. The number of rotatable bonds is 13. The molecule has 1 aromatic carbocycles. The Labute approximate surface area is 180 Å². The Bertz CT molecular complexity index is 704. The molecule has 0 radical (unpaired) electrons. The maximum Gasteiger partial charge on any atom is 0.0496 e. The number of aryl methyl sites for hydroxylation is 1. The lowest BCUT2D eigenvalue weighted by atomic mass is 9.96. The average molecular weight is 394 g/mol. The van der Waals surface area contributed by atoms with E-state index in [9.17, 15) is 0 Å². The van der Waals surface area contributed by atoms with E-state index in [1.165, 1.54) is 36.0 Å². The largest absolute Gasteiger partial charge is 0.365 e. The van der Waals surface area contributed by atoms with Crippen molar-refractivity contribution in [1.29, 1.82) is 0 Å². The minimum atomic E-state index is 0.340. The van der Waals surface area contributed by atoms with E-state index in [0.29, 0.717) is 12.0 Å². The van der Waals surface area contributed by atoms with Gasteiger partial charge in [-0.1, -0.05) is 95.2 Å². The van der Waals surface area contributed by atoms with Crippen molar-refractivity contribution in [3.05, 3.63) is 78.0 Å². The molecule has 29 heavy (non-hydrogen) atoms. The second-order valence-electron chi connectivity index (χ2n) is 8.72. The molecule has 1 rings (SSSR count). The molecule has 2 atom stereocenters. The van der Waals surface area contributed by atoms with Gasteiger partial charge in [-0.2, -0.15) is 0 Å². The third-order valence-corrected chi connectivity index (χ3v) is 5.68. The number of hydrogen-bond donors (Lipinski definition) is 0. The Morgan fingerprint density at radius 1 is 1.00 bits per heavy atom. The van der Waals surface area contributed by atoms with Crippen molar-refractivity contribution >= 4 is 5.57 Å². The monoisotopic (exact) mass is 393 g/mol. The first-order chi connectivity index (χ1) is 13.7. The van der Waals surface area contributed by atoms with E-state index in [-0.39, 0.29) is 0 Å². The third kappa shape index (κ3) is 8.09. The minimum absolute atomic E-state index is 0.340. The molecule has 0 saturated carbocycles. The van der Waals surface area contributed by atoms with E-state index >= 15 is 0 Å². The molecule has 160 valence electrons. The second kappa shape index (κ2) is 12.5. The molecule has 0 aliphatic rings. The van der Waals surface area contributed by atoms with Crippen LogP contribution in [0, 0.1) is 12.8 Å². The minimum Gasteiger partial charge on any atom is -0.365 e. The van der Waals surface area contributed by atoms with Crippen molar-refractivity contribution in [2.45, 2.75) is 79.7 Å². The zero-order valence-corrected chi connectivity index (χ0v) is 19.9. The average Bonchev–Trinajstić information content (AvgIpc) is 2.68. The normalized spacial score (nSPS) is 13.7. The van der Waals surface area contributed by atoms with Gasteiger partial charge in [0.2, 0.25) is 0 Å². The van der Waals surface area contributed by atoms with E-state index < -0.39 is 0 Å². The Kier molecular flexibility index (Phi) is 10.8. The second-order valence-corrected chi connectivity index (χ2v) is 8.72. The molecule has 0 heterocycles. The van der Waals surface area contributed by atoms with Crippen molar-refractivity contribution in [2.75, 3.05) is 6.54 Å². The molecule has 0 spiro atoms. The Morgan fingerprint density at radius 3 is 2.14 bits per heavy atom. The predicted octanol–water partition coefficient (Wildman–Crippen LogP) is 8.34. The number of unbranched alkanes of at least 4 members (excludes halogenated alkanes) is 1. The van der Waals surface area contributed by atoms with Crippen molar-refractivity contribution in [3.8, 4) is 0 Å². The Hall–Kier alpha value is -2.02. The maximum absolute atomic E-state index is 4.51. The zero-order chi connectivity index (χ0) is 22.0. The maximum atomic E-state index is 4.51. The van der Waals surface area contributed by atoms with E-state index in [1.54, 1.807) is 0 Å². The molecule has 1 nitrogen and oxygen atoms in total. The van der Waals surface area contributed by atoms with Crippen LogP contribution in [0.1, 0.15) is 77.8 Å². The van der Waals surface area contributed by atoms with Crippen molar-refractivity contribution in [1.82, 2.24) is 4.90 Å². The van der Waals surface area contributed by atoms with Gasteiger partial charge in [0, 0.05) is 18.3 Å². The van der Waals surface area contributed by atoms with Crippen LogP contribution in [0.15, 0.2) is 66.9 Å². The lowest BCUT2D eigenvalue weighted by Crippen LogP contribution is -2.38. The lowest BCUT2D eigenvalue weighted by Gasteiger charge is -2.38. The standard InChI is InChI=1S/C28H43N/c1-10-12-14-23(6)20-29(28(13-11-2)21(3)4)26(9)24(7)19-25(8)27-17-15-22(5)16-18-27/h15-19,23,28H,3,8-14,20H2,1-2,4-7H3/b24-19+. The quantitative estimate of drug-likeness (QED) is 0.240. The van der Waals surface area contributed by atoms with Gasteiger partial charge in [-0.3, -0.25) is 0 Å². The first-order valence-electron chi connectivity index (χ1n) is 11.3. The number of hydrogen-bond acceptors (Lipinski definition) is 1. The fraction of sp³-hybridized carbons (Fsp3) is 0.500. The fourth-order valence-corrected chi connectivity index (χ4v) is 3.77. The Morgan fingerprint density at radius 2 is 1.62 bits per heavy atom. The molecule has 0 N–H and O–H groups in total. The van der Waals surface area contributed by atoms with E-state index in [4.69, 9.17) is 0 Å². The van der Waals surface area contributed by atoms with Crippen LogP contribution in [0.3, 0.4) is 0 Å². The summed E-state index contributed by atoms with van der Waals surface area (Å²) < 4.78 is 0. The van der Waals surface area contributed by atoms with Crippen LogP contribution < -0.4 is 0 Å². The summed E-state index contributed by atoms with van der Waals surface area (Å²) in [6, 6.07) is 8.90. The molecule has 0 aromatic heterocycles. The highest BCUT2D eigenvalue weighted by Gasteiger charge is 2.22. The first-order valence-corrected chi connectivity index (χ1v) is 11.3. The summed E-state index contributed by atoms with van der Waals surface area (Å²) in [6.07, 6.45) is 8.22. The van der Waals surface area contributed by atoms with Crippen LogP contribution in [0.4, 0.5) is 0 Å². The van der Waals surface area contributed by atoms with Gasteiger partial charge in [0.25, 0.3) is 0 Å². The molecule has 1 aromatic rings. The topological polar surface area (TPSA) is 3.24 Å². The van der Waals surface area contributed by atoms with Gasteiger partial charge in [-0.15, -0.1) is 0 Å². The van der Waals surface area contributed by atoms with E-state index in [1.807, 2.05) is 0 Å². The van der Waals surface area contributed by atoms with Crippen molar-refractivity contribution < 1.29 is 0 Å². The number of nitrogens with zero attached hydrogens (tertiary/aromatic N) is 1. The van der Waals surface area contributed by atoms with Crippen molar-refractivity contribution in [3.63, 3.8) is 0 Å². The van der Waals surface area contributed by atoms with Crippen LogP contribution in [0.25, 0.3) is 5.57 Å². The third-order valence-electron chi connectivity index (χ3n) is 5.68. The Balaban J connectivity index is 3.10. The van der Waals surface area contributed by atoms with Crippen molar-refractivity contribution in [2.24, 2.45) is 5.92 Å². The lowest BCUT2D eigenvalue weighted by molar-refractivity contribution is 0.232. The smallest absolute Gasteiger partial charge is 0.0496 e. The highest BCUT2D eigenvalue weighted by molar-refractivity contribution is 5.73. The van der Waals surface area contributed by atoms with Crippen LogP contribution in [0.2, 0.25) is 0 Å². The first kappa shape index (κ1) is 25.0. The summed E-state index contributed by atoms with van der Waals surface area (Å²) in [4.78, 5) is 2.50. The summed E-state index contributed by atoms with van der Waals surface area (Å²) in [7, 11) is 0. The molecule has 0 bridgehead atoms. The fourth-order valence-electron chi connectivity index (χ4n) is 3.77. The summed E-state index contributed by atoms with van der Waals surface area (Å²) in [5, 5.41) is 0. The highest BCUT2D eigenvalue weighted by atomic mass is 15.2. The van der Waals surface area contributed by atoms with Crippen LogP contribution in [0.5, 0.6) is 0 Å². The van der Waals surface area contributed by atoms with Crippen LogP contribution >= 0.6 is 0 Å². The van der Waals surface area contributed by atoms with Gasteiger partial charge in [-0.25, -0.2) is 0 Å². The van der Waals surface area contributed by atoms with Crippen LogP contribution in [-0.2, 0) is 0 Å². The van der Waals surface area contributed by atoms with Gasteiger partial charge < -0.3 is 4.90 Å². The zero-order valence-electron chi connectivity index (χ0n) is 19.9. The molecule has 2 unspecified atom stereocenters. The van der Waals surface area contributed by atoms with Gasteiger partial charge in [-0.05, 0) is 62.3 Å². The summed E-state index contributed by atoms with van der Waals surface area (Å²) in [5.74, 6) is 0.638. The van der Waals surface area contributed by atoms with Crippen LogP contribution in [-0.4, -0.2) is 17.5 Å². The molecule has 0 amide bonds. The summed E-state index contributed by atoms with van der Waals surface area (Å²) in [6.45, 7) is 27.4. The molecule has 1 heteroatoms. The molecular formula is C28H43N. The SMILES string of the molecule is C=C(/C=C(\C)C(=C)N(CC(C)CCCC)C(CCC)C(=C)C)c1ccc(C)cc1. The molecule has 0 aliphatic heterocycles. The van der Waals surface area contributed by atoms with E-state index in [2.05, 4.69) is 96.5 Å². The molecule has 0 aliphatic carbocycles. The summed E-state index contributed by atoms with van der Waals surface area (Å²) in [5.41, 5.74) is 6.97. The summed E-state index contributed by atoms with van der Waals surface area (Å²) >= 11 is 0. The van der Waals surface area contributed by atoms with Gasteiger partial charge in [0.1, 0.15) is 0 Å².